The number of hydrogen-bond acceptors (Lipinski definition) is 7. The molecule has 0 spiro atoms. The van der Waals surface area contributed by atoms with Gasteiger partial charge in [0.05, 0.1) is 25.0 Å². The van der Waals surface area contributed by atoms with Crippen LogP contribution in [0.5, 0.6) is 0 Å². The molecule has 2 fully saturated rings. The van der Waals surface area contributed by atoms with Crippen molar-refractivity contribution in [1.82, 2.24) is 15.2 Å². The summed E-state index contributed by atoms with van der Waals surface area (Å²) in [7, 11) is 0. The summed E-state index contributed by atoms with van der Waals surface area (Å²) in [4.78, 5) is 9.57. The Kier molecular flexibility index (Phi) is 6.84. The minimum Gasteiger partial charge on any atom is -0.378 e. The van der Waals surface area contributed by atoms with Gasteiger partial charge in [-0.1, -0.05) is 49.4 Å². The molecule has 188 valence electrons. The summed E-state index contributed by atoms with van der Waals surface area (Å²) in [5.41, 5.74) is 5.05. The van der Waals surface area contributed by atoms with Crippen LogP contribution in [-0.2, 0) is 11.3 Å². The molecule has 0 amide bonds. The number of nitrogens with one attached hydrogen (secondary N) is 1. The third kappa shape index (κ3) is 5.08. The van der Waals surface area contributed by atoms with Gasteiger partial charge in [0.2, 0.25) is 0 Å². The van der Waals surface area contributed by atoms with Crippen LogP contribution in [0.4, 0.5) is 5.82 Å². The largest absolute Gasteiger partial charge is 0.378 e. The summed E-state index contributed by atoms with van der Waals surface area (Å²) < 4.78 is 5.23. The number of nitrogens with zero attached hydrogens (tertiary/aromatic N) is 5. The van der Waals surface area contributed by atoms with E-state index in [4.69, 9.17) is 19.9 Å². The number of ether oxygens (including phenoxy) is 1. The zero-order chi connectivity index (χ0) is 24.3. The lowest BCUT2D eigenvalue weighted by Crippen LogP contribution is -2.51. The number of aromatic nitrogens is 1. The Hall–Kier alpha value is -3.03. The van der Waals surface area contributed by atoms with Crippen molar-refractivity contribution in [2.45, 2.75) is 38.8 Å². The van der Waals surface area contributed by atoms with Crippen LogP contribution in [-0.4, -0.2) is 66.9 Å². The molecule has 0 radical (unpaired) electrons. The van der Waals surface area contributed by atoms with Gasteiger partial charge in [-0.3, -0.25) is 0 Å². The average Bonchev–Trinajstić information content (AvgIpc) is 2.90. The van der Waals surface area contributed by atoms with E-state index in [1.54, 1.807) is 0 Å². The monoisotopic (exact) mass is 484 g/mol. The molecule has 1 N–H and O–H groups in total. The Balaban J connectivity index is 1.08. The molecule has 6 rings (SSSR count). The highest BCUT2D eigenvalue weighted by Crippen LogP contribution is 2.32. The highest BCUT2D eigenvalue weighted by Gasteiger charge is 2.33. The molecule has 1 aromatic heterocycles. The molecule has 5 aliphatic rings. The number of pyridine rings is 1. The van der Waals surface area contributed by atoms with Crippen LogP contribution in [0.3, 0.4) is 0 Å². The van der Waals surface area contributed by atoms with Crippen LogP contribution in [0.2, 0.25) is 0 Å². The first kappa shape index (κ1) is 23.4. The standard InChI is InChI=1S/C29H36N6O/c1-21-6-8-22(9-7-21)16-27-25-4-2-3-5-26(25)29(33-32-27)35-14-12-34(13-15-35)28-11-10-23(18-31-28)17-30-24-19-36-20-24/h2-4,6,8-11,18,21,24,26,30H,5,7,12-17,19-20H2,1H3. The van der Waals surface area contributed by atoms with Crippen LogP contribution < -0.4 is 10.2 Å². The van der Waals surface area contributed by atoms with E-state index in [1.807, 2.05) is 6.20 Å². The maximum atomic E-state index is 5.23. The van der Waals surface area contributed by atoms with Crippen molar-refractivity contribution in [3.8, 4) is 0 Å². The Morgan fingerprint density at radius 3 is 2.64 bits per heavy atom. The average molecular weight is 485 g/mol. The maximum Gasteiger partial charge on any atom is 0.135 e. The minimum absolute atomic E-state index is 0.312. The first-order valence-corrected chi connectivity index (χ1v) is 13.4. The van der Waals surface area contributed by atoms with Crippen LogP contribution in [0.25, 0.3) is 0 Å². The second-order valence-corrected chi connectivity index (χ2v) is 10.5. The van der Waals surface area contributed by atoms with Gasteiger partial charge in [0, 0.05) is 51.3 Å². The summed E-state index contributed by atoms with van der Waals surface area (Å²) >= 11 is 0. The lowest BCUT2D eigenvalue weighted by atomic mass is 9.83. The molecule has 0 aromatic carbocycles. The second kappa shape index (κ2) is 10.5. The molecular formula is C29H36N6O. The Morgan fingerprint density at radius 2 is 1.92 bits per heavy atom. The highest BCUT2D eigenvalue weighted by molar-refractivity contribution is 6.09. The lowest BCUT2D eigenvalue weighted by molar-refractivity contribution is -0.00579. The smallest absolute Gasteiger partial charge is 0.135 e. The van der Waals surface area contributed by atoms with Crippen molar-refractivity contribution < 1.29 is 4.74 Å². The van der Waals surface area contributed by atoms with Crippen molar-refractivity contribution in [3.63, 3.8) is 0 Å². The van der Waals surface area contributed by atoms with Crippen LogP contribution in [0.1, 0.15) is 31.7 Å². The van der Waals surface area contributed by atoms with Crippen LogP contribution >= 0.6 is 0 Å². The van der Waals surface area contributed by atoms with Gasteiger partial charge in [-0.05, 0) is 41.5 Å². The Morgan fingerprint density at radius 1 is 1.06 bits per heavy atom. The number of allylic oxidation sites excluding steroid dienone is 7. The highest BCUT2D eigenvalue weighted by atomic mass is 16.5. The summed E-state index contributed by atoms with van der Waals surface area (Å²) in [5, 5.41) is 13.1. The Labute approximate surface area is 214 Å². The van der Waals surface area contributed by atoms with Crippen molar-refractivity contribution >= 4 is 17.4 Å². The van der Waals surface area contributed by atoms with Crippen molar-refractivity contribution in [1.29, 1.82) is 0 Å². The third-order valence-electron chi connectivity index (χ3n) is 7.81. The fourth-order valence-electron chi connectivity index (χ4n) is 5.42. The minimum atomic E-state index is 0.312. The zero-order valence-corrected chi connectivity index (χ0v) is 21.1. The number of amidine groups is 1. The second-order valence-electron chi connectivity index (χ2n) is 10.5. The van der Waals surface area contributed by atoms with Gasteiger partial charge in [0.25, 0.3) is 0 Å². The summed E-state index contributed by atoms with van der Waals surface area (Å²) in [6.07, 6.45) is 18.6. The summed E-state index contributed by atoms with van der Waals surface area (Å²) in [5.74, 6) is 3.13. The number of fused-ring (bicyclic) bond motifs is 1. The van der Waals surface area contributed by atoms with Crippen LogP contribution in [0.15, 0.2) is 76.1 Å². The number of piperazine rings is 1. The van der Waals surface area contributed by atoms with E-state index in [9.17, 15) is 0 Å². The molecule has 2 atom stereocenters. The maximum absolute atomic E-state index is 5.23. The molecule has 1 aromatic rings. The van der Waals surface area contributed by atoms with Gasteiger partial charge in [0.1, 0.15) is 11.7 Å². The molecular weight excluding hydrogens is 448 g/mol. The first-order chi connectivity index (χ1) is 17.7. The van der Waals surface area contributed by atoms with Gasteiger partial charge in [-0.25, -0.2) is 4.98 Å². The van der Waals surface area contributed by atoms with E-state index < -0.39 is 0 Å². The van der Waals surface area contributed by atoms with E-state index >= 15 is 0 Å². The van der Waals surface area contributed by atoms with Crippen LogP contribution in [0, 0.1) is 11.8 Å². The predicted molar refractivity (Wildman–Crippen MR) is 145 cm³/mol. The van der Waals surface area contributed by atoms with Gasteiger partial charge < -0.3 is 19.9 Å². The third-order valence-corrected chi connectivity index (χ3v) is 7.81. The molecule has 2 aliphatic carbocycles. The van der Waals surface area contributed by atoms with E-state index in [1.165, 1.54) is 16.7 Å². The molecule has 0 saturated carbocycles. The predicted octanol–water partition coefficient (Wildman–Crippen LogP) is 3.88. The fraction of sp³-hybridized carbons (Fsp3) is 0.483. The number of anilines is 1. The number of rotatable bonds is 6. The van der Waals surface area contributed by atoms with Gasteiger partial charge in [-0.15, -0.1) is 5.10 Å². The van der Waals surface area contributed by atoms with Crippen molar-refractivity contribution in [2.24, 2.45) is 22.0 Å². The van der Waals surface area contributed by atoms with Crippen molar-refractivity contribution in [2.75, 3.05) is 44.3 Å². The molecule has 2 unspecified atom stereocenters. The zero-order valence-electron chi connectivity index (χ0n) is 21.1. The van der Waals surface area contributed by atoms with E-state index in [-0.39, 0.29) is 0 Å². The fourth-order valence-corrected chi connectivity index (χ4v) is 5.42. The van der Waals surface area contributed by atoms with Gasteiger partial charge in [-0.2, -0.15) is 5.10 Å². The molecule has 7 nitrogen and oxygen atoms in total. The first-order valence-electron chi connectivity index (χ1n) is 13.4. The van der Waals surface area contributed by atoms with Crippen molar-refractivity contribution in [3.05, 3.63) is 71.5 Å². The summed E-state index contributed by atoms with van der Waals surface area (Å²) in [6, 6.07) is 4.83. The van der Waals surface area contributed by atoms with E-state index in [2.05, 4.69) is 70.6 Å². The van der Waals surface area contributed by atoms with E-state index in [0.717, 1.165) is 82.6 Å². The lowest BCUT2D eigenvalue weighted by Gasteiger charge is -2.40. The molecule has 4 heterocycles. The number of hydrogen-bond donors (Lipinski definition) is 1. The van der Waals surface area contributed by atoms with E-state index in [0.29, 0.717) is 17.9 Å². The summed E-state index contributed by atoms with van der Waals surface area (Å²) in [6.45, 7) is 8.50. The molecule has 36 heavy (non-hydrogen) atoms. The molecule has 0 bridgehead atoms. The normalized spacial score (nSPS) is 26.0. The topological polar surface area (TPSA) is 65.4 Å². The molecule has 3 aliphatic heterocycles. The Bertz CT molecular complexity index is 1130. The molecule has 2 saturated heterocycles. The molecule has 7 heteroatoms. The van der Waals surface area contributed by atoms with Gasteiger partial charge >= 0.3 is 0 Å². The SMILES string of the molecule is CC1C=CC(CC2=NN=C(N3CCN(c4ccc(CNC5COC5)cn4)CC3)C3CC=CC=C23)=CC1. The quantitative estimate of drug-likeness (QED) is 0.664. The van der Waals surface area contributed by atoms with Gasteiger partial charge in [0.15, 0.2) is 0 Å².